The van der Waals surface area contributed by atoms with Crippen molar-refractivity contribution in [3.63, 3.8) is 0 Å². The third kappa shape index (κ3) is 4.23. The molecule has 8 heteroatoms. The van der Waals surface area contributed by atoms with Gasteiger partial charge in [0.2, 0.25) is 0 Å². The van der Waals surface area contributed by atoms with Crippen LogP contribution in [0.3, 0.4) is 0 Å². The molecule has 1 aliphatic rings. The van der Waals surface area contributed by atoms with Gasteiger partial charge in [-0.2, -0.15) is 0 Å². The van der Waals surface area contributed by atoms with Crippen LogP contribution in [-0.2, 0) is 26.0 Å². The summed E-state index contributed by atoms with van der Waals surface area (Å²) in [6.07, 6.45) is 1.67. The Labute approximate surface area is 164 Å². The smallest absolute Gasteiger partial charge is 0.261 e. The fraction of sp³-hybridized carbons (Fsp3) is 0.300. The van der Waals surface area contributed by atoms with Gasteiger partial charge in [0.25, 0.3) is 15.9 Å². The lowest BCUT2D eigenvalue weighted by atomic mass is 10.0. The highest BCUT2D eigenvalue weighted by Crippen LogP contribution is 2.31. The van der Waals surface area contributed by atoms with Crippen LogP contribution in [0.2, 0.25) is 0 Å². The Morgan fingerprint density at radius 2 is 1.86 bits per heavy atom. The number of methoxy groups -OCH3 is 1. The van der Waals surface area contributed by atoms with Crippen LogP contribution in [0.1, 0.15) is 29.3 Å². The molecule has 3 rings (SSSR count). The highest BCUT2D eigenvalue weighted by Gasteiger charge is 2.23. The van der Waals surface area contributed by atoms with Crippen LogP contribution in [0.25, 0.3) is 0 Å². The van der Waals surface area contributed by atoms with Crippen molar-refractivity contribution in [1.29, 1.82) is 0 Å². The number of amides is 1. The first kappa shape index (κ1) is 20.0. The average Bonchev–Trinajstić information content (AvgIpc) is 2.67. The molecule has 0 aromatic heterocycles. The fourth-order valence-electron chi connectivity index (χ4n) is 3.18. The molecule has 0 aliphatic carbocycles. The summed E-state index contributed by atoms with van der Waals surface area (Å²) >= 11 is 0. The Morgan fingerprint density at radius 3 is 2.50 bits per heavy atom. The molecule has 1 heterocycles. The Kier molecular flexibility index (Phi) is 5.81. The molecule has 0 fully saturated rings. The number of nitrogens with zero attached hydrogens (tertiary/aromatic N) is 1. The number of aryl methyl sites for hydroxylation is 1. The molecule has 148 valence electrons. The molecule has 0 radical (unpaired) electrons. The third-order valence-electron chi connectivity index (χ3n) is 4.60. The monoisotopic (exact) mass is 402 g/mol. The SMILES string of the molecule is COCC(=O)N1CCCc2ccc(NS(=O)(=O)c3ccc(C(C)=O)cc3)cc21. The van der Waals surface area contributed by atoms with Gasteiger partial charge in [0.1, 0.15) is 6.61 Å². The number of carbonyl (C=O) groups excluding carboxylic acids is 2. The number of sulfonamides is 1. The summed E-state index contributed by atoms with van der Waals surface area (Å²) in [5, 5.41) is 0. The lowest BCUT2D eigenvalue weighted by Crippen LogP contribution is -2.37. The van der Waals surface area contributed by atoms with Crippen molar-refractivity contribution >= 4 is 33.1 Å². The molecule has 0 saturated heterocycles. The Balaban J connectivity index is 1.87. The maximum absolute atomic E-state index is 12.7. The minimum atomic E-state index is -3.82. The van der Waals surface area contributed by atoms with Crippen molar-refractivity contribution in [1.82, 2.24) is 0 Å². The van der Waals surface area contributed by atoms with E-state index in [4.69, 9.17) is 4.74 Å². The minimum Gasteiger partial charge on any atom is -0.375 e. The number of ether oxygens (including phenoxy) is 1. The first-order valence-corrected chi connectivity index (χ1v) is 10.4. The first-order chi connectivity index (χ1) is 13.3. The lowest BCUT2D eigenvalue weighted by Gasteiger charge is -2.30. The second kappa shape index (κ2) is 8.12. The number of fused-ring (bicyclic) bond motifs is 1. The Bertz CT molecular complexity index is 1000. The van der Waals surface area contributed by atoms with Crippen molar-refractivity contribution in [3.05, 3.63) is 53.6 Å². The van der Waals surface area contributed by atoms with Crippen molar-refractivity contribution in [2.75, 3.05) is 29.9 Å². The zero-order valence-corrected chi connectivity index (χ0v) is 16.6. The van der Waals surface area contributed by atoms with Crippen molar-refractivity contribution in [2.45, 2.75) is 24.7 Å². The van der Waals surface area contributed by atoms with E-state index in [0.29, 0.717) is 23.5 Å². The summed E-state index contributed by atoms with van der Waals surface area (Å²) in [5.74, 6) is -0.296. The van der Waals surface area contributed by atoms with Crippen molar-refractivity contribution in [2.24, 2.45) is 0 Å². The third-order valence-corrected chi connectivity index (χ3v) is 5.99. The van der Waals surface area contributed by atoms with E-state index in [0.717, 1.165) is 18.4 Å². The predicted octanol–water partition coefficient (Wildman–Crippen LogP) is 2.62. The highest BCUT2D eigenvalue weighted by molar-refractivity contribution is 7.92. The number of Topliss-reactive ketones (excluding diaryl/α,β-unsaturated/α-hetero) is 1. The van der Waals surface area contributed by atoms with E-state index in [-0.39, 0.29) is 23.2 Å². The largest absolute Gasteiger partial charge is 0.375 e. The molecule has 0 saturated carbocycles. The summed E-state index contributed by atoms with van der Waals surface area (Å²) in [5.41, 5.74) is 2.50. The number of hydrogen-bond donors (Lipinski definition) is 1. The Hall–Kier alpha value is -2.71. The van der Waals surface area contributed by atoms with Crippen LogP contribution in [-0.4, -0.2) is 40.4 Å². The van der Waals surface area contributed by atoms with E-state index >= 15 is 0 Å². The number of rotatable bonds is 6. The van der Waals surface area contributed by atoms with E-state index in [1.807, 2.05) is 6.07 Å². The standard InChI is InChI=1S/C20H22N2O5S/c1-14(23)15-6-9-18(10-7-15)28(25,26)21-17-8-5-16-4-3-11-22(19(16)12-17)20(24)13-27-2/h5-10,12,21H,3-4,11,13H2,1-2H3. The summed E-state index contributed by atoms with van der Waals surface area (Å²) in [6, 6.07) is 10.9. The van der Waals surface area contributed by atoms with E-state index in [1.54, 1.807) is 17.0 Å². The topological polar surface area (TPSA) is 92.8 Å². The molecule has 28 heavy (non-hydrogen) atoms. The van der Waals surface area contributed by atoms with Gasteiger partial charge in [-0.05, 0) is 49.6 Å². The number of anilines is 2. The summed E-state index contributed by atoms with van der Waals surface area (Å²) in [7, 11) is -2.36. The average molecular weight is 402 g/mol. The zero-order chi connectivity index (χ0) is 20.3. The quantitative estimate of drug-likeness (QED) is 0.750. The normalized spacial score (nSPS) is 13.7. The summed E-state index contributed by atoms with van der Waals surface area (Å²) < 4.78 is 32.8. The minimum absolute atomic E-state index is 0.0299. The molecule has 0 spiro atoms. The van der Waals surface area contributed by atoms with Gasteiger partial charge in [-0.25, -0.2) is 8.42 Å². The lowest BCUT2D eigenvalue weighted by molar-refractivity contribution is -0.122. The van der Waals surface area contributed by atoms with E-state index in [9.17, 15) is 18.0 Å². The number of hydrogen-bond acceptors (Lipinski definition) is 5. The van der Waals surface area contributed by atoms with E-state index in [1.165, 1.54) is 38.3 Å². The van der Waals surface area contributed by atoms with E-state index < -0.39 is 10.0 Å². The van der Waals surface area contributed by atoms with Gasteiger partial charge < -0.3 is 9.64 Å². The van der Waals surface area contributed by atoms with E-state index in [2.05, 4.69) is 4.72 Å². The Morgan fingerprint density at radius 1 is 1.14 bits per heavy atom. The van der Waals surface area contributed by atoms with Crippen LogP contribution in [0.4, 0.5) is 11.4 Å². The second-order valence-corrected chi connectivity index (χ2v) is 8.29. The van der Waals surface area contributed by atoms with Gasteiger partial charge in [-0.3, -0.25) is 14.3 Å². The molecule has 1 aliphatic heterocycles. The van der Waals surface area contributed by atoms with Crippen LogP contribution < -0.4 is 9.62 Å². The zero-order valence-electron chi connectivity index (χ0n) is 15.8. The van der Waals surface area contributed by atoms with Crippen LogP contribution in [0, 0.1) is 0 Å². The maximum atomic E-state index is 12.7. The fourth-order valence-corrected chi connectivity index (χ4v) is 4.23. The van der Waals surface area contributed by atoms with Crippen LogP contribution in [0.15, 0.2) is 47.4 Å². The molecule has 0 bridgehead atoms. The van der Waals surface area contributed by atoms with Crippen LogP contribution in [0.5, 0.6) is 0 Å². The number of carbonyl (C=O) groups is 2. The van der Waals surface area contributed by atoms with Gasteiger partial charge in [-0.15, -0.1) is 0 Å². The van der Waals surface area contributed by atoms with Gasteiger partial charge in [0.05, 0.1) is 10.6 Å². The molecule has 1 amide bonds. The molecular weight excluding hydrogens is 380 g/mol. The molecule has 2 aromatic rings. The van der Waals surface area contributed by atoms with Crippen molar-refractivity contribution < 1.29 is 22.7 Å². The molecule has 7 nitrogen and oxygen atoms in total. The molecule has 1 N–H and O–H groups in total. The molecular formula is C20H22N2O5S. The van der Waals surface area contributed by atoms with Gasteiger partial charge in [-0.1, -0.05) is 18.2 Å². The first-order valence-electron chi connectivity index (χ1n) is 8.88. The number of ketones is 1. The number of nitrogens with one attached hydrogen (secondary N) is 1. The number of benzene rings is 2. The molecule has 2 aromatic carbocycles. The van der Waals surface area contributed by atoms with Gasteiger partial charge >= 0.3 is 0 Å². The predicted molar refractivity (Wildman–Crippen MR) is 106 cm³/mol. The summed E-state index contributed by atoms with van der Waals surface area (Å²) in [6.45, 7) is 1.96. The van der Waals surface area contributed by atoms with Gasteiger partial charge in [0.15, 0.2) is 5.78 Å². The molecule has 0 unspecified atom stereocenters. The summed E-state index contributed by atoms with van der Waals surface area (Å²) in [4.78, 5) is 25.3. The second-order valence-electron chi connectivity index (χ2n) is 6.61. The highest BCUT2D eigenvalue weighted by atomic mass is 32.2. The van der Waals surface area contributed by atoms with Crippen molar-refractivity contribution in [3.8, 4) is 0 Å². The molecule has 0 atom stereocenters. The van der Waals surface area contributed by atoms with Gasteiger partial charge in [0, 0.05) is 24.9 Å². The maximum Gasteiger partial charge on any atom is 0.261 e. The van der Waals surface area contributed by atoms with Crippen LogP contribution >= 0.6 is 0 Å².